The van der Waals surface area contributed by atoms with Crippen molar-refractivity contribution in [1.82, 2.24) is 0 Å². The third-order valence-corrected chi connectivity index (χ3v) is 11.5. The molecule has 56 heavy (non-hydrogen) atoms. The Balaban J connectivity index is 0.000000296. The van der Waals surface area contributed by atoms with Crippen molar-refractivity contribution in [2.45, 2.75) is 73.4 Å². The molecule has 0 aliphatic heterocycles. The summed E-state index contributed by atoms with van der Waals surface area (Å²) in [7, 11) is -21.3. The van der Waals surface area contributed by atoms with E-state index in [1.165, 1.54) is 36.7 Å². The fourth-order valence-electron chi connectivity index (χ4n) is 4.87. The van der Waals surface area contributed by atoms with Crippen LogP contribution in [-0.2, 0) is 10.9 Å². The van der Waals surface area contributed by atoms with E-state index in [4.69, 9.17) is 0 Å². The zero-order valence-corrected chi connectivity index (χ0v) is 35.0. The van der Waals surface area contributed by atoms with Crippen molar-refractivity contribution < 1.29 is 55.5 Å². The molecule has 17 heteroatoms. The quantitative estimate of drug-likeness (QED) is 0.0935. The van der Waals surface area contributed by atoms with Gasteiger partial charge in [0.15, 0.2) is 14.7 Å². The van der Waals surface area contributed by atoms with E-state index in [2.05, 4.69) is 139 Å². The molecule has 5 aromatic carbocycles. The van der Waals surface area contributed by atoms with Crippen molar-refractivity contribution in [3.8, 4) is 0 Å². The maximum atomic E-state index is 10.5. The van der Waals surface area contributed by atoms with Crippen LogP contribution in [0.15, 0.2) is 148 Å². The van der Waals surface area contributed by atoms with Gasteiger partial charge < -0.3 is 5.11 Å². The van der Waals surface area contributed by atoms with Gasteiger partial charge in [-0.15, -0.1) is 0 Å². The summed E-state index contributed by atoms with van der Waals surface area (Å²) in [5.41, 5.74) is 5.02. The average Bonchev–Trinajstić information content (AvgIpc) is 3.05. The van der Waals surface area contributed by atoms with Crippen LogP contribution in [0.2, 0.25) is 0 Å². The molecule has 0 saturated heterocycles. The standard InChI is InChI=1S/C23H25S.C16H19OP.2F6P/c1-17(2)20-9-15-23(16-10-20)24(21-11-5-18(3)6-12-21)22-13-7-19(4)8-14-22;1-16(2,18-14-11-7-4-8-12-14)15(17)13-9-5-3-6-10-13;2*1-7(2,3,4,5)6/h5-17H,1-4H3;3-12,15,17-18H,1-2H3;;/q+1;;2*-1/p+1. The summed E-state index contributed by atoms with van der Waals surface area (Å²) >= 11 is 0. The molecule has 5 aromatic rings. The molecule has 0 saturated carbocycles. The van der Waals surface area contributed by atoms with Crippen LogP contribution >= 0.6 is 24.2 Å². The molecule has 2 unspecified atom stereocenters. The van der Waals surface area contributed by atoms with E-state index in [-0.39, 0.29) is 24.6 Å². The number of halogens is 12. The van der Waals surface area contributed by atoms with Crippen LogP contribution in [0.1, 0.15) is 62.0 Å². The van der Waals surface area contributed by atoms with E-state index in [1.807, 2.05) is 36.4 Å². The predicted octanol–water partition coefficient (Wildman–Crippen LogP) is 16.5. The van der Waals surface area contributed by atoms with Gasteiger partial charge in [0.25, 0.3) is 0 Å². The first kappa shape index (κ1) is 49.0. The maximum absolute atomic E-state index is 10.7. The molecule has 0 spiro atoms. The first-order chi connectivity index (χ1) is 25.0. The van der Waals surface area contributed by atoms with E-state index < -0.39 is 21.7 Å². The average molecular weight is 883 g/mol. The topological polar surface area (TPSA) is 20.2 Å². The Morgan fingerprint density at radius 3 is 1.11 bits per heavy atom. The fraction of sp³-hybridized carbons (Fsp3) is 0.231. The Kier molecular flexibility index (Phi) is 14.9. The summed E-state index contributed by atoms with van der Waals surface area (Å²) in [4.78, 5) is 4.13. The van der Waals surface area contributed by atoms with E-state index in [1.54, 1.807) is 0 Å². The Hall–Kier alpha value is -3.14. The molecule has 1 nitrogen and oxygen atoms in total. The van der Waals surface area contributed by atoms with Gasteiger partial charge in [-0.05, 0) is 93.3 Å². The van der Waals surface area contributed by atoms with Crippen molar-refractivity contribution in [2.75, 3.05) is 0 Å². The number of benzene rings is 5. The second-order valence-corrected chi connectivity index (χ2v) is 22.1. The molecule has 0 aliphatic rings. The Morgan fingerprint density at radius 2 is 0.786 bits per heavy atom. The van der Waals surface area contributed by atoms with Gasteiger partial charge in [-0.1, -0.05) is 110 Å². The zero-order chi connectivity index (χ0) is 42.9. The van der Waals surface area contributed by atoms with Gasteiger partial charge >= 0.3 is 66.0 Å². The first-order valence-electron chi connectivity index (χ1n) is 16.8. The van der Waals surface area contributed by atoms with Gasteiger partial charge in [-0.2, -0.15) is 0 Å². The number of aliphatic hydroxyl groups is 1. The van der Waals surface area contributed by atoms with Crippen molar-refractivity contribution in [2.24, 2.45) is 0 Å². The van der Waals surface area contributed by atoms with Crippen LogP contribution in [0, 0.1) is 13.8 Å². The van der Waals surface area contributed by atoms with Crippen LogP contribution in [0.5, 0.6) is 0 Å². The van der Waals surface area contributed by atoms with Crippen LogP contribution in [0.25, 0.3) is 0 Å². The molecule has 5 rings (SSSR count). The van der Waals surface area contributed by atoms with Gasteiger partial charge in [0.2, 0.25) is 0 Å². The minimum absolute atomic E-state index is 0.0311. The molecular weight excluding hydrogens is 837 g/mol. The zero-order valence-electron chi connectivity index (χ0n) is 31.2. The number of aryl methyl sites for hydroxylation is 2. The van der Waals surface area contributed by atoms with E-state index >= 15 is 0 Å². The summed E-state index contributed by atoms with van der Waals surface area (Å²) in [6, 6.07) is 47.5. The SMILES string of the molecule is CC(C)([PH2+]c1ccccc1)C(O)c1ccccc1.Cc1ccc([S+](c2ccc(C)cc2)c2ccc(C(C)C)cc2)cc1.F[P-](F)(F)(F)(F)F.F[P-](F)(F)(F)(F)F. The number of hydrogen-bond donors (Lipinski definition) is 1. The Labute approximate surface area is 324 Å². The van der Waals surface area contributed by atoms with E-state index in [0.29, 0.717) is 5.92 Å². The van der Waals surface area contributed by atoms with Crippen molar-refractivity contribution in [1.29, 1.82) is 0 Å². The summed E-state index contributed by atoms with van der Waals surface area (Å²) < 4.78 is 118. The number of hydrogen-bond acceptors (Lipinski definition) is 1. The molecular formula is C39H45F12OP3S. The van der Waals surface area contributed by atoms with Gasteiger partial charge in [0, 0.05) is 8.58 Å². The van der Waals surface area contributed by atoms with Crippen LogP contribution in [0.4, 0.5) is 50.4 Å². The van der Waals surface area contributed by atoms with Crippen LogP contribution in [0.3, 0.4) is 0 Å². The minimum atomic E-state index is -10.7. The third kappa shape index (κ3) is 23.2. The summed E-state index contributed by atoms with van der Waals surface area (Å²) in [5.74, 6) is 0.569. The molecule has 0 amide bonds. The van der Waals surface area contributed by atoms with Crippen molar-refractivity contribution in [3.63, 3.8) is 0 Å². The van der Waals surface area contributed by atoms with Gasteiger partial charge in [-0.3, -0.25) is 0 Å². The molecule has 0 heterocycles. The first-order valence-corrected chi connectivity index (χ1v) is 23.2. The molecule has 1 N–H and O–H groups in total. The Morgan fingerprint density at radius 1 is 0.482 bits per heavy atom. The van der Waals surface area contributed by atoms with Crippen molar-refractivity contribution >= 4 is 40.4 Å². The fourth-order valence-corrected chi connectivity index (χ4v) is 8.53. The van der Waals surface area contributed by atoms with Gasteiger partial charge in [-0.25, -0.2) is 0 Å². The van der Waals surface area contributed by atoms with Crippen LogP contribution in [-0.4, -0.2) is 10.3 Å². The normalized spacial score (nSPS) is 15.1. The van der Waals surface area contributed by atoms with Crippen molar-refractivity contribution in [3.05, 3.63) is 156 Å². The molecule has 312 valence electrons. The summed E-state index contributed by atoms with van der Waals surface area (Å²) in [5, 5.41) is 11.8. The number of aliphatic hydroxyl groups excluding tert-OH is 1. The third-order valence-electron chi connectivity index (χ3n) is 7.45. The predicted molar refractivity (Wildman–Crippen MR) is 213 cm³/mol. The Bertz CT molecular complexity index is 1860. The monoisotopic (exact) mass is 882 g/mol. The molecule has 0 aromatic heterocycles. The molecule has 0 bridgehead atoms. The molecule has 0 radical (unpaired) electrons. The molecule has 2 atom stereocenters. The molecule has 0 aliphatic carbocycles. The van der Waals surface area contributed by atoms with Gasteiger partial charge in [0.1, 0.15) is 11.3 Å². The van der Waals surface area contributed by atoms with Gasteiger partial charge in [0.05, 0.1) is 16.2 Å². The van der Waals surface area contributed by atoms with E-state index in [0.717, 1.165) is 5.56 Å². The second kappa shape index (κ2) is 17.0. The summed E-state index contributed by atoms with van der Waals surface area (Å²) in [6.45, 7) is 13.1. The summed E-state index contributed by atoms with van der Waals surface area (Å²) in [6.07, 6.45) is -0.408. The van der Waals surface area contributed by atoms with E-state index in [9.17, 15) is 55.5 Å². The van der Waals surface area contributed by atoms with Crippen LogP contribution < -0.4 is 5.30 Å². The number of rotatable bonds is 8. The molecule has 0 fully saturated rings. The second-order valence-electron chi connectivity index (χ2n) is 13.8.